The van der Waals surface area contributed by atoms with Gasteiger partial charge in [-0.05, 0) is 99.3 Å². The van der Waals surface area contributed by atoms with E-state index < -0.39 is 0 Å². The molecular weight excluding hydrogens is 697 g/mol. The maximum absolute atomic E-state index is 6.61. The maximum atomic E-state index is 6.61. The quantitative estimate of drug-likeness (QED) is 0.164. The molecule has 0 fully saturated rings. The van der Waals surface area contributed by atoms with Gasteiger partial charge in [-0.1, -0.05) is 140 Å². The Balaban J connectivity index is 0.974. The van der Waals surface area contributed by atoms with Crippen molar-refractivity contribution < 1.29 is 8.83 Å². The van der Waals surface area contributed by atoms with Crippen LogP contribution < -0.4 is 4.90 Å². The van der Waals surface area contributed by atoms with Gasteiger partial charge in [-0.3, -0.25) is 0 Å². The Kier molecular flexibility index (Phi) is 7.78. The molecule has 11 aromatic rings. The highest BCUT2D eigenvalue weighted by atomic mass is 16.4. The molecule has 57 heavy (non-hydrogen) atoms. The summed E-state index contributed by atoms with van der Waals surface area (Å²) in [6.45, 7) is 0. The van der Waals surface area contributed by atoms with Crippen LogP contribution in [0.5, 0.6) is 0 Å². The van der Waals surface area contributed by atoms with Crippen LogP contribution in [0.4, 0.5) is 17.1 Å². The van der Waals surface area contributed by atoms with Crippen molar-refractivity contribution in [3.63, 3.8) is 0 Å². The van der Waals surface area contributed by atoms with Crippen LogP contribution in [-0.2, 0) is 0 Å². The summed E-state index contributed by atoms with van der Waals surface area (Å²) in [5.74, 6) is 0.602. The molecule has 0 aliphatic carbocycles. The van der Waals surface area contributed by atoms with Gasteiger partial charge in [-0.25, -0.2) is 4.98 Å². The molecule has 0 bridgehead atoms. The highest BCUT2D eigenvalue weighted by Crippen LogP contribution is 2.41. The lowest BCUT2D eigenvalue weighted by molar-refractivity contribution is 0.620. The van der Waals surface area contributed by atoms with E-state index in [0.717, 1.165) is 72.4 Å². The van der Waals surface area contributed by atoms with Crippen LogP contribution in [0.1, 0.15) is 0 Å². The van der Waals surface area contributed by atoms with E-state index in [2.05, 4.69) is 175 Å². The summed E-state index contributed by atoms with van der Waals surface area (Å²) in [4.78, 5) is 7.11. The van der Waals surface area contributed by atoms with Crippen LogP contribution in [0.2, 0.25) is 0 Å². The van der Waals surface area contributed by atoms with Crippen molar-refractivity contribution >= 4 is 60.9 Å². The zero-order valence-electron chi connectivity index (χ0n) is 30.8. The van der Waals surface area contributed by atoms with Crippen molar-refractivity contribution in [3.05, 3.63) is 206 Å². The van der Waals surface area contributed by atoms with Crippen LogP contribution in [0.3, 0.4) is 0 Å². The van der Waals surface area contributed by atoms with E-state index in [1.807, 2.05) is 36.4 Å². The van der Waals surface area contributed by atoms with Crippen molar-refractivity contribution in [2.75, 3.05) is 4.90 Å². The van der Waals surface area contributed by atoms with Gasteiger partial charge >= 0.3 is 0 Å². The summed E-state index contributed by atoms with van der Waals surface area (Å²) < 4.78 is 12.8. The Labute approximate surface area is 329 Å². The van der Waals surface area contributed by atoms with Crippen molar-refractivity contribution in [1.82, 2.24) is 4.98 Å². The van der Waals surface area contributed by atoms with Gasteiger partial charge in [0.25, 0.3) is 0 Å². The van der Waals surface area contributed by atoms with Crippen LogP contribution in [0.15, 0.2) is 215 Å². The van der Waals surface area contributed by atoms with Gasteiger partial charge in [0.1, 0.15) is 16.7 Å². The second-order valence-electron chi connectivity index (χ2n) is 14.4. The molecule has 0 aliphatic heterocycles. The third-order valence-corrected chi connectivity index (χ3v) is 10.9. The van der Waals surface area contributed by atoms with E-state index in [9.17, 15) is 0 Å². The van der Waals surface area contributed by atoms with Crippen LogP contribution in [0.25, 0.3) is 88.6 Å². The summed E-state index contributed by atoms with van der Waals surface area (Å²) in [6.07, 6.45) is 0. The Hall–Kier alpha value is -7.69. The number of hydrogen-bond donors (Lipinski definition) is 0. The fourth-order valence-electron chi connectivity index (χ4n) is 8.01. The molecule has 0 aliphatic rings. The lowest BCUT2D eigenvalue weighted by Crippen LogP contribution is -2.10. The van der Waals surface area contributed by atoms with Crippen molar-refractivity contribution in [3.8, 4) is 44.8 Å². The normalized spacial score (nSPS) is 11.5. The van der Waals surface area contributed by atoms with Crippen LogP contribution >= 0.6 is 0 Å². The van der Waals surface area contributed by atoms with E-state index in [0.29, 0.717) is 5.89 Å². The molecule has 4 nitrogen and oxygen atoms in total. The summed E-state index contributed by atoms with van der Waals surface area (Å²) in [6, 6.07) is 72.5. The molecule has 0 N–H and O–H groups in total. The van der Waals surface area contributed by atoms with E-state index in [1.54, 1.807) is 0 Å². The predicted octanol–water partition coefficient (Wildman–Crippen LogP) is 15.0. The summed E-state index contributed by atoms with van der Waals surface area (Å²) in [5, 5.41) is 4.52. The molecule has 2 heterocycles. The first-order valence-corrected chi connectivity index (χ1v) is 19.2. The number of nitrogens with zero attached hydrogens (tertiary/aromatic N) is 2. The van der Waals surface area contributed by atoms with Crippen LogP contribution in [-0.4, -0.2) is 4.98 Å². The predicted molar refractivity (Wildman–Crippen MR) is 235 cm³/mol. The van der Waals surface area contributed by atoms with E-state index in [4.69, 9.17) is 13.8 Å². The molecular formula is C53H34N2O2. The largest absolute Gasteiger partial charge is 0.455 e. The topological polar surface area (TPSA) is 42.4 Å². The van der Waals surface area contributed by atoms with Gasteiger partial charge in [-0.15, -0.1) is 0 Å². The van der Waals surface area contributed by atoms with Gasteiger partial charge in [0.2, 0.25) is 5.89 Å². The fraction of sp³-hybridized carbons (Fsp3) is 0. The van der Waals surface area contributed by atoms with E-state index >= 15 is 0 Å². The lowest BCUT2D eigenvalue weighted by atomic mass is 10.00. The highest BCUT2D eigenvalue weighted by molar-refractivity contribution is 6.12. The smallest absolute Gasteiger partial charge is 0.227 e. The van der Waals surface area contributed by atoms with Gasteiger partial charge in [-0.2, -0.15) is 0 Å². The number of benzene rings is 9. The number of furan rings is 1. The molecule has 0 atom stereocenters. The summed E-state index contributed by atoms with van der Waals surface area (Å²) >= 11 is 0. The van der Waals surface area contributed by atoms with E-state index in [-0.39, 0.29) is 0 Å². The van der Waals surface area contributed by atoms with Crippen molar-refractivity contribution in [1.29, 1.82) is 0 Å². The minimum absolute atomic E-state index is 0.602. The van der Waals surface area contributed by atoms with Gasteiger partial charge in [0, 0.05) is 45.0 Å². The van der Waals surface area contributed by atoms with Crippen molar-refractivity contribution in [2.45, 2.75) is 0 Å². The molecule has 9 aromatic carbocycles. The molecule has 0 spiro atoms. The fourth-order valence-corrected chi connectivity index (χ4v) is 8.01. The standard InChI is InChI=1S/C53H34N2O2/c1-3-11-35(12-4-1)41-17-9-18-45(32-41)55(43-27-23-37(24-28-43)42-22-21-36-13-7-8-16-40(36)31-42)44-29-25-38(26-30-44)46-19-10-20-47-48-33-51-49(34-50(48)56-52(46)47)54-53(57-51)39-14-5-2-6-15-39/h1-34H. The average Bonchev–Trinajstić information content (AvgIpc) is 3.87. The Morgan fingerprint density at radius 1 is 0.351 bits per heavy atom. The average molecular weight is 731 g/mol. The number of hydrogen-bond acceptors (Lipinski definition) is 4. The van der Waals surface area contributed by atoms with Crippen LogP contribution in [0, 0.1) is 0 Å². The second kappa shape index (κ2) is 13.6. The summed E-state index contributed by atoms with van der Waals surface area (Å²) in [5.41, 5.74) is 14.1. The molecule has 0 saturated carbocycles. The molecule has 268 valence electrons. The Morgan fingerprint density at radius 3 is 1.74 bits per heavy atom. The zero-order valence-corrected chi connectivity index (χ0v) is 30.8. The number of anilines is 3. The third kappa shape index (κ3) is 5.92. The Bertz CT molecular complexity index is 3220. The number of fused-ring (bicyclic) bond motifs is 5. The number of aromatic nitrogens is 1. The van der Waals surface area contributed by atoms with Gasteiger partial charge in [0.05, 0.1) is 0 Å². The molecule has 2 aromatic heterocycles. The second-order valence-corrected chi connectivity index (χ2v) is 14.4. The SMILES string of the molecule is c1ccc(-c2cccc(N(c3ccc(-c4ccc5ccccc5c4)cc3)c3ccc(-c4cccc5c4oc4cc6nc(-c7ccccc7)oc6cc45)cc3)c2)cc1. The zero-order chi connectivity index (χ0) is 37.7. The first-order chi connectivity index (χ1) is 28.2. The molecule has 0 unspecified atom stereocenters. The van der Waals surface area contributed by atoms with Gasteiger partial charge in [0.15, 0.2) is 5.58 Å². The first kappa shape index (κ1) is 32.7. The minimum atomic E-state index is 0.602. The number of para-hydroxylation sites is 1. The molecule has 4 heteroatoms. The monoisotopic (exact) mass is 730 g/mol. The minimum Gasteiger partial charge on any atom is -0.455 e. The third-order valence-electron chi connectivity index (χ3n) is 10.9. The maximum Gasteiger partial charge on any atom is 0.227 e. The first-order valence-electron chi connectivity index (χ1n) is 19.2. The summed E-state index contributed by atoms with van der Waals surface area (Å²) in [7, 11) is 0. The van der Waals surface area contributed by atoms with Gasteiger partial charge < -0.3 is 13.7 Å². The Morgan fingerprint density at radius 2 is 0.965 bits per heavy atom. The molecule has 0 amide bonds. The highest BCUT2D eigenvalue weighted by Gasteiger charge is 2.18. The lowest BCUT2D eigenvalue weighted by Gasteiger charge is -2.26. The molecule has 0 saturated heterocycles. The van der Waals surface area contributed by atoms with E-state index in [1.165, 1.54) is 27.5 Å². The van der Waals surface area contributed by atoms with Crippen molar-refractivity contribution in [2.24, 2.45) is 0 Å². The number of rotatable bonds is 7. The molecule has 11 rings (SSSR count). The molecule has 0 radical (unpaired) electrons. The number of oxazole rings is 1.